The maximum absolute atomic E-state index is 13.5. The molecular weight excluding hydrogens is 415 g/mol. The van der Waals surface area contributed by atoms with Crippen molar-refractivity contribution in [3.8, 4) is 0 Å². The first-order valence-electron chi connectivity index (χ1n) is 10.5. The van der Waals surface area contributed by atoms with E-state index in [0.29, 0.717) is 28.1 Å². The maximum Gasteiger partial charge on any atom is 0.257 e. The molecule has 1 saturated carbocycles. The Balaban J connectivity index is 1.84. The van der Waals surface area contributed by atoms with Crippen LogP contribution in [0, 0.1) is 32.5 Å². The summed E-state index contributed by atoms with van der Waals surface area (Å²) in [5, 5.41) is 18.7. The maximum atomic E-state index is 13.5. The minimum Gasteiger partial charge on any atom is -0.377 e. The average molecular weight is 445 g/mol. The Morgan fingerprint density at radius 3 is 2.38 bits per heavy atom. The van der Waals surface area contributed by atoms with Crippen molar-refractivity contribution in [2.75, 3.05) is 12.4 Å². The van der Waals surface area contributed by atoms with E-state index in [1.807, 2.05) is 0 Å². The number of nitrogens with zero attached hydrogens (tertiary/aromatic N) is 1. The largest absolute Gasteiger partial charge is 0.377 e. The van der Waals surface area contributed by atoms with Gasteiger partial charge in [-0.1, -0.05) is 0 Å². The summed E-state index contributed by atoms with van der Waals surface area (Å²) in [7, 11) is 3.16. The van der Waals surface area contributed by atoms with E-state index >= 15 is 0 Å². The van der Waals surface area contributed by atoms with Crippen LogP contribution in [-0.2, 0) is 16.6 Å². The topological polar surface area (TPSA) is 112 Å². The number of hydrogen-bond acceptors (Lipinski definition) is 4. The lowest BCUT2D eigenvalue weighted by atomic mass is 10.1. The molecule has 4 N–H and O–H groups in total. The Kier molecular flexibility index (Phi) is 6.68. The summed E-state index contributed by atoms with van der Waals surface area (Å²) in [5.41, 5.74) is 2.44. The molecule has 0 aliphatic heterocycles. The minimum atomic E-state index is -1.56. The molecule has 32 heavy (non-hydrogen) atoms. The van der Waals surface area contributed by atoms with Crippen LogP contribution in [0.5, 0.6) is 0 Å². The number of aromatic nitrogens is 1. The van der Waals surface area contributed by atoms with Crippen LogP contribution >= 0.6 is 0 Å². The fraction of sp³-hybridized carbons (Fsp3) is 0.435. The smallest absolute Gasteiger partial charge is 0.257 e. The molecule has 2 atom stereocenters. The molecule has 9 heteroatoms. The Morgan fingerprint density at radius 2 is 1.81 bits per heavy atom. The molecule has 172 valence electrons. The van der Waals surface area contributed by atoms with Crippen molar-refractivity contribution >= 4 is 23.4 Å². The van der Waals surface area contributed by atoms with Crippen molar-refractivity contribution in [2.24, 2.45) is 13.0 Å². The standard InChI is InChI=1S/C23H29FN4O4/c1-11-10-15(8-9-16(11)24)26-21(30)17-12(2)19(28(5)13(17)3)20(29)23(32)27-18(14-6-7-14)22(31)25-4/h8-10,14,18,20,29H,6-7H2,1-5H3,(H,25,31)(H,26,30)(H,27,32)/t18-,20?/m0/s1. The second-order valence-corrected chi connectivity index (χ2v) is 8.29. The molecule has 1 aromatic heterocycles. The van der Waals surface area contributed by atoms with Crippen molar-refractivity contribution in [2.45, 2.75) is 45.8 Å². The molecule has 8 nitrogen and oxygen atoms in total. The second kappa shape index (κ2) is 9.12. The molecule has 1 fully saturated rings. The third-order valence-electron chi connectivity index (χ3n) is 6.06. The number of aryl methyl sites for hydroxylation is 1. The number of carbonyl (C=O) groups is 3. The third kappa shape index (κ3) is 4.52. The highest BCUT2D eigenvalue weighted by molar-refractivity contribution is 6.06. The number of hydrogen-bond donors (Lipinski definition) is 4. The van der Waals surface area contributed by atoms with Gasteiger partial charge in [-0.05, 0) is 68.9 Å². The average Bonchev–Trinajstić information content (AvgIpc) is 3.55. The van der Waals surface area contributed by atoms with Crippen molar-refractivity contribution in [3.05, 3.63) is 52.1 Å². The number of nitrogens with one attached hydrogen (secondary N) is 3. The lowest BCUT2D eigenvalue weighted by molar-refractivity contribution is -0.134. The van der Waals surface area contributed by atoms with Crippen LogP contribution in [0.15, 0.2) is 18.2 Å². The predicted octanol–water partition coefficient (Wildman–Crippen LogP) is 2.02. The van der Waals surface area contributed by atoms with E-state index in [9.17, 15) is 23.9 Å². The molecule has 0 saturated heterocycles. The van der Waals surface area contributed by atoms with E-state index in [2.05, 4.69) is 16.0 Å². The van der Waals surface area contributed by atoms with E-state index in [-0.39, 0.29) is 23.3 Å². The molecular formula is C23H29FN4O4. The zero-order valence-electron chi connectivity index (χ0n) is 18.9. The SMILES string of the molecule is CNC(=O)[C@@H](NC(=O)C(O)c1c(C)c(C(=O)Nc2ccc(F)c(C)c2)c(C)n1C)C1CC1. The number of benzene rings is 1. The van der Waals surface area contributed by atoms with Gasteiger partial charge >= 0.3 is 0 Å². The third-order valence-corrected chi connectivity index (χ3v) is 6.06. The van der Waals surface area contributed by atoms with E-state index in [4.69, 9.17) is 0 Å². The molecule has 1 aliphatic carbocycles. The molecule has 0 radical (unpaired) electrons. The highest BCUT2D eigenvalue weighted by atomic mass is 19.1. The van der Waals surface area contributed by atoms with E-state index < -0.39 is 24.0 Å². The summed E-state index contributed by atoms with van der Waals surface area (Å²) >= 11 is 0. The van der Waals surface area contributed by atoms with Crippen LogP contribution in [0.2, 0.25) is 0 Å². The van der Waals surface area contributed by atoms with Crippen molar-refractivity contribution in [1.82, 2.24) is 15.2 Å². The molecule has 3 amide bonds. The van der Waals surface area contributed by atoms with E-state index in [0.717, 1.165) is 12.8 Å². The van der Waals surface area contributed by atoms with Gasteiger partial charge in [-0.15, -0.1) is 0 Å². The van der Waals surface area contributed by atoms with E-state index in [1.165, 1.54) is 25.2 Å². The fourth-order valence-electron chi connectivity index (χ4n) is 3.98. The van der Waals surface area contributed by atoms with Crippen LogP contribution in [0.3, 0.4) is 0 Å². The number of likely N-dealkylation sites (N-methyl/N-ethyl adjacent to an activating group) is 1. The number of aliphatic hydroxyl groups is 1. The highest BCUT2D eigenvalue weighted by Gasteiger charge is 2.38. The molecule has 0 spiro atoms. The molecule has 3 rings (SSSR count). The predicted molar refractivity (Wildman–Crippen MR) is 118 cm³/mol. The molecule has 1 unspecified atom stereocenters. The number of aliphatic hydroxyl groups excluding tert-OH is 1. The lowest BCUT2D eigenvalue weighted by Crippen LogP contribution is -2.48. The Bertz CT molecular complexity index is 1070. The van der Waals surface area contributed by atoms with Gasteiger partial charge in [0, 0.05) is 25.5 Å². The summed E-state index contributed by atoms with van der Waals surface area (Å²) in [5.74, 6) is -1.74. The Labute approximate surface area is 186 Å². The summed E-state index contributed by atoms with van der Waals surface area (Å²) in [6, 6.07) is 3.57. The quantitative estimate of drug-likeness (QED) is 0.523. The number of halogens is 1. The number of anilines is 1. The first-order valence-corrected chi connectivity index (χ1v) is 10.5. The van der Waals surface area contributed by atoms with Gasteiger partial charge in [0.25, 0.3) is 11.8 Å². The first-order chi connectivity index (χ1) is 15.1. The summed E-state index contributed by atoms with van der Waals surface area (Å²) < 4.78 is 15.1. The van der Waals surface area contributed by atoms with Crippen molar-refractivity contribution < 1.29 is 23.9 Å². The molecule has 1 heterocycles. The summed E-state index contributed by atoms with van der Waals surface area (Å²) in [6.07, 6.45) is 0.118. The van der Waals surface area contributed by atoms with Gasteiger partial charge in [-0.3, -0.25) is 14.4 Å². The molecule has 2 aromatic rings. The monoisotopic (exact) mass is 444 g/mol. The Hall–Kier alpha value is -3.20. The van der Waals surface area contributed by atoms with Gasteiger partial charge in [0.15, 0.2) is 6.10 Å². The highest BCUT2D eigenvalue weighted by Crippen LogP contribution is 2.33. The summed E-state index contributed by atoms with van der Waals surface area (Å²) in [6.45, 7) is 4.97. The van der Waals surface area contributed by atoms with E-state index in [1.54, 1.807) is 32.4 Å². The van der Waals surface area contributed by atoms with Gasteiger partial charge < -0.3 is 25.6 Å². The van der Waals surface area contributed by atoms with Crippen molar-refractivity contribution in [1.29, 1.82) is 0 Å². The number of carbonyl (C=O) groups excluding carboxylic acids is 3. The Morgan fingerprint density at radius 1 is 1.16 bits per heavy atom. The van der Waals surface area contributed by atoms with Gasteiger partial charge in [0.1, 0.15) is 11.9 Å². The van der Waals surface area contributed by atoms with Crippen LogP contribution in [0.4, 0.5) is 10.1 Å². The lowest BCUT2D eigenvalue weighted by Gasteiger charge is -2.20. The van der Waals surface area contributed by atoms with Gasteiger partial charge in [-0.2, -0.15) is 0 Å². The van der Waals surface area contributed by atoms with Crippen molar-refractivity contribution in [3.63, 3.8) is 0 Å². The fourth-order valence-corrected chi connectivity index (χ4v) is 3.98. The van der Waals surface area contributed by atoms with Gasteiger partial charge in [-0.25, -0.2) is 4.39 Å². The molecule has 0 bridgehead atoms. The van der Waals surface area contributed by atoms with Crippen LogP contribution < -0.4 is 16.0 Å². The van der Waals surface area contributed by atoms with Crippen LogP contribution in [-0.4, -0.2) is 40.5 Å². The molecule has 1 aliphatic rings. The first kappa shape index (κ1) is 23.5. The van der Waals surface area contributed by atoms with Crippen LogP contribution in [0.25, 0.3) is 0 Å². The number of rotatable bonds is 7. The van der Waals surface area contributed by atoms with Gasteiger partial charge in [0.05, 0.1) is 11.3 Å². The molecule has 1 aromatic carbocycles. The number of amides is 3. The van der Waals surface area contributed by atoms with Gasteiger partial charge in [0.2, 0.25) is 5.91 Å². The minimum absolute atomic E-state index is 0.0582. The zero-order valence-corrected chi connectivity index (χ0v) is 18.9. The zero-order chi connectivity index (χ0) is 23.7. The normalized spacial score (nSPS) is 15.1. The summed E-state index contributed by atoms with van der Waals surface area (Å²) in [4.78, 5) is 37.8. The van der Waals surface area contributed by atoms with Crippen LogP contribution in [0.1, 0.15) is 51.8 Å². The second-order valence-electron chi connectivity index (χ2n) is 8.29.